The molecule has 0 heterocycles. The highest BCUT2D eigenvalue weighted by molar-refractivity contribution is 7.87. The van der Waals surface area contributed by atoms with Gasteiger partial charge in [0.05, 0.1) is 6.54 Å². The second kappa shape index (κ2) is 5.61. The van der Waals surface area contributed by atoms with Gasteiger partial charge in [0.25, 0.3) is 0 Å². The Hall–Kier alpha value is -0.920. The van der Waals surface area contributed by atoms with Crippen LogP contribution in [0.25, 0.3) is 0 Å². The van der Waals surface area contributed by atoms with Gasteiger partial charge in [0.2, 0.25) is 4.93 Å². The van der Waals surface area contributed by atoms with Crippen molar-refractivity contribution in [3.63, 3.8) is 0 Å². The molecular formula is C10H19NO5S. The fourth-order valence-corrected chi connectivity index (χ4v) is 2.24. The summed E-state index contributed by atoms with van der Waals surface area (Å²) in [6.07, 6.45) is -0.0525. The first-order valence-corrected chi connectivity index (χ1v) is 6.50. The first kappa shape index (κ1) is 16.1. The molecule has 0 aromatic heterocycles. The molecule has 0 aliphatic rings. The van der Waals surface area contributed by atoms with Gasteiger partial charge in [-0.05, 0) is 21.0 Å². The highest BCUT2D eigenvalue weighted by Gasteiger charge is 2.46. The number of likely N-dealkylation sites (N-methyl/N-ethyl adjacent to an activating group) is 1. The maximum atomic E-state index is 11.4. The van der Waals surface area contributed by atoms with Crippen molar-refractivity contribution in [3.8, 4) is 0 Å². The first-order chi connectivity index (χ1) is 7.55. The molecule has 0 spiro atoms. The lowest BCUT2D eigenvalue weighted by molar-refractivity contribution is -0.149. The number of nitrogens with zero attached hydrogens (tertiary/aromatic N) is 1. The molecule has 7 heteroatoms. The van der Waals surface area contributed by atoms with Crippen molar-refractivity contribution in [3.05, 3.63) is 12.2 Å². The smallest absolute Gasteiger partial charge is 0.334 e. The SMILES string of the molecule is C=C(C)C(=O)OC(CC)(CN(C)C)S(=O)(=O)O. The Bertz CT molecular complexity index is 401. The van der Waals surface area contributed by atoms with E-state index in [1.807, 2.05) is 0 Å². The van der Waals surface area contributed by atoms with Crippen molar-refractivity contribution >= 4 is 16.1 Å². The van der Waals surface area contributed by atoms with E-state index in [0.29, 0.717) is 0 Å². The average molecular weight is 265 g/mol. The van der Waals surface area contributed by atoms with Crippen molar-refractivity contribution in [2.45, 2.75) is 25.2 Å². The molecule has 0 aliphatic heterocycles. The van der Waals surface area contributed by atoms with E-state index < -0.39 is 21.0 Å². The third kappa shape index (κ3) is 4.10. The van der Waals surface area contributed by atoms with E-state index in [1.165, 1.54) is 18.7 Å². The Labute approximate surface area is 102 Å². The minimum absolute atomic E-state index is 0.0525. The molecule has 0 aliphatic carbocycles. The Morgan fingerprint density at radius 3 is 2.18 bits per heavy atom. The van der Waals surface area contributed by atoms with Gasteiger partial charge in [0.15, 0.2) is 0 Å². The number of hydrogen-bond acceptors (Lipinski definition) is 5. The van der Waals surface area contributed by atoms with Gasteiger partial charge in [-0.3, -0.25) is 4.55 Å². The normalized spacial score (nSPS) is 15.4. The van der Waals surface area contributed by atoms with Crippen molar-refractivity contribution in [2.75, 3.05) is 20.6 Å². The summed E-state index contributed by atoms with van der Waals surface area (Å²) in [5.74, 6) is -0.841. The number of hydrogen-bond donors (Lipinski definition) is 1. The summed E-state index contributed by atoms with van der Waals surface area (Å²) in [6.45, 7) is 6.17. The molecule has 1 atom stereocenters. The Kier molecular flexibility index (Phi) is 5.31. The van der Waals surface area contributed by atoms with Crippen molar-refractivity contribution in [2.24, 2.45) is 0 Å². The predicted octanol–water partition coefficient (Wildman–Crippen LogP) is 0.661. The van der Waals surface area contributed by atoms with Crippen molar-refractivity contribution < 1.29 is 22.5 Å². The first-order valence-electron chi connectivity index (χ1n) is 5.06. The fraction of sp³-hybridized carbons (Fsp3) is 0.700. The van der Waals surface area contributed by atoms with Crippen molar-refractivity contribution in [1.82, 2.24) is 4.90 Å². The van der Waals surface area contributed by atoms with Crippen LogP contribution in [0.1, 0.15) is 20.3 Å². The zero-order valence-corrected chi connectivity index (χ0v) is 11.4. The van der Waals surface area contributed by atoms with E-state index in [9.17, 15) is 17.8 Å². The monoisotopic (exact) mass is 265 g/mol. The fourth-order valence-electron chi connectivity index (χ4n) is 1.27. The van der Waals surface area contributed by atoms with E-state index in [-0.39, 0.29) is 18.5 Å². The summed E-state index contributed by atoms with van der Waals surface area (Å²) >= 11 is 0. The Balaban J connectivity index is 5.36. The van der Waals surface area contributed by atoms with Crippen LogP contribution in [0.4, 0.5) is 0 Å². The molecule has 1 unspecified atom stereocenters. The molecule has 0 aromatic rings. The van der Waals surface area contributed by atoms with E-state index >= 15 is 0 Å². The molecule has 6 nitrogen and oxygen atoms in total. The number of carbonyl (C=O) groups is 1. The Morgan fingerprint density at radius 1 is 1.47 bits per heavy atom. The zero-order chi connectivity index (χ0) is 13.9. The Morgan fingerprint density at radius 2 is 1.94 bits per heavy atom. The van der Waals surface area contributed by atoms with Gasteiger partial charge in [-0.15, -0.1) is 0 Å². The standard InChI is InChI=1S/C10H19NO5S/c1-6-10(7-11(4)5,17(13,14)15)16-9(12)8(2)3/h2,6-7H2,1,3-5H3,(H,13,14,15). The zero-order valence-electron chi connectivity index (χ0n) is 10.6. The molecule has 1 N–H and O–H groups in total. The van der Waals surface area contributed by atoms with E-state index in [1.54, 1.807) is 14.1 Å². The third-order valence-electron chi connectivity index (χ3n) is 2.19. The van der Waals surface area contributed by atoms with Crippen LogP contribution in [-0.2, 0) is 19.6 Å². The highest BCUT2D eigenvalue weighted by Crippen LogP contribution is 2.24. The molecule has 100 valence electrons. The average Bonchev–Trinajstić information content (AvgIpc) is 2.13. The van der Waals surface area contributed by atoms with Crippen molar-refractivity contribution in [1.29, 1.82) is 0 Å². The van der Waals surface area contributed by atoms with Gasteiger partial charge < -0.3 is 9.64 Å². The third-order valence-corrected chi connectivity index (χ3v) is 3.63. The van der Waals surface area contributed by atoms with Crippen LogP contribution in [0.2, 0.25) is 0 Å². The van der Waals surface area contributed by atoms with Gasteiger partial charge >= 0.3 is 16.1 Å². The van der Waals surface area contributed by atoms with Gasteiger partial charge in [0.1, 0.15) is 0 Å². The van der Waals surface area contributed by atoms with E-state index in [0.717, 1.165) is 0 Å². The molecule has 0 rings (SSSR count). The molecule has 17 heavy (non-hydrogen) atoms. The number of rotatable bonds is 6. The maximum absolute atomic E-state index is 11.4. The van der Waals surface area contributed by atoms with Crippen LogP contribution >= 0.6 is 0 Å². The molecule has 0 saturated carbocycles. The lowest BCUT2D eigenvalue weighted by Gasteiger charge is -2.31. The summed E-state index contributed by atoms with van der Waals surface area (Å²) in [6, 6.07) is 0. The summed E-state index contributed by atoms with van der Waals surface area (Å²) in [7, 11) is -1.30. The predicted molar refractivity (Wildman–Crippen MR) is 64.0 cm³/mol. The quantitative estimate of drug-likeness (QED) is 0.431. The van der Waals surface area contributed by atoms with Crippen LogP contribution in [-0.4, -0.2) is 49.4 Å². The van der Waals surface area contributed by atoms with Crippen LogP contribution in [0.5, 0.6) is 0 Å². The number of carbonyl (C=O) groups excluding carboxylic acids is 1. The summed E-state index contributed by atoms with van der Waals surface area (Å²) in [5, 5.41) is 0. The number of esters is 1. The molecule has 0 bridgehead atoms. The minimum Gasteiger partial charge on any atom is -0.435 e. The molecule has 0 fully saturated rings. The van der Waals surface area contributed by atoms with Gasteiger partial charge in [-0.25, -0.2) is 4.79 Å². The number of ether oxygens (including phenoxy) is 1. The largest absolute Gasteiger partial charge is 0.435 e. The molecule has 0 aromatic carbocycles. The second-order valence-electron chi connectivity index (χ2n) is 4.15. The van der Waals surface area contributed by atoms with Crippen LogP contribution in [0.3, 0.4) is 0 Å². The molecular weight excluding hydrogens is 246 g/mol. The summed E-state index contributed by atoms with van der Waals surface area (Å²) < 4.78 is 37.0. The highest BCUT2D eigenvalue weighted by atomic mass is 32.2. The summed E-state index contributed by atoms with van der Waals surface area (Å²) in [5.41, 5.74) is 0.0743. The van der Waals surface area contributed by atoms with E-state index in [2.05, 4.69) is 6.58 Å². The van der Waals surface area contributed by atoms with Crippen LogP contribution < -0.4 is 0 Å². The van der Waals surface area contributed by atoms with Gasteiger partial charge in [-0.2, -0.15) is 8.42 Å². The van der Waals surface area contributed by atoms with Crippen LogP contribution in [0.15, 0.2) is 12.2 Å². The second-order valence-corrected chi connectivity index (χ2v) is 5.84. The molecule has 0 radical (unpaired) electrons. The van der Waals surface area contributed by atoms with Gasteiger partial charge in [-0.1, -0.05) is 13.5 Å². The molecule has 0 amide bonds. The summed E-state index contributed by atoms with van der Waals surface area (Å²) in [4.78, 5) is 11.0. The topological polar surface area (TPSA) is 83.9 Å². The lowest BCUT2D eigenvalue weighted by atomic mass is 10.2. The van der Waals surface area contributed by atoms with Crippen LogP contribution in [0, 0.1) is 0 Å². The van der Waals surface area contributed by atoms with E-state index in [4.69, 9.17) is 4.74 Å². The molecule has 0 saturated heterocycles. The minimum atomic E-state index is -4.53. The van der Waals surface area contributed by atoms with Gasteiger partial charge in [0, 0.05) is 12.0 Å². The maximum Gasteiger partial charge on any atom is 0.334 e. The lowest BCUT2D eigenvalue weighted by Crippen LogP contribution is -2.50.